The minimum atomic E-state index is -3.46. The van der Waals surface area contributed by atoms with Crippen molar-refractivity contribution in [1.82, 2.24) is 4.31 Å². The van der Waals surface area contributed by atoms with Gasteiger partial charge in [-0.3, -0.25) is 4.79 Å². The van der Waals surface area contributed by atoms with Crippen molar-refractivity contribution in [2.45, 2.75) is 43.0 Å². The van der Waals surface area contributed by atoms with Crippen LogP contribution in [0, 0.1) is 0 Å². The van der Waals surface area contributed by atoms with E-state index in [1.807, 2.05) is 0 Å². The molecule has 0 heterocycles. The van der Waals surface area contributed by atoms with Gasteiger partial charge in [0.2, 0.25) is 10.0 Å². The van der Waals surface area contributed by atoms with Gasteiger partial charge >= 0.3 is 5.97 Å². The highest BCUT2D eigenvalue weighted by Gasteiger charge is 2.29. The second-order valence-corrected chi connectivity index (χ2v) is 7.35. The van der Waals surface area contributed by atoms with Crippen LogP contribution in [0.4, 0.5) is 0 Å². The van der Waals surface area contributed by atoms with Crippen molar-refractivity contribution in [3.63, 3.8) is 0 Å². The van der Waals surface area contributed by atoms with Crippen LogP contribution in [-0.2, 0) is 26.0 Å². The molecule has 1 aliphatic carbocycles. The molecule has 0 bridgehead atoms. The van der Waals surface area contributed by atoms with Crippen molar-refractivity contribution in [2.24, 2.45) is 0 Å². The summed E-state index contributed by atoms with van der Waals surface area (Å²) < 4.78 is 31.2. The Morgan fingerprint density at radius 2 is 1.81 bits per heavy atom. The number of hydrogen-bond donors (Lipinski definition) is 0. The Balaban J connectivity index is 2.14. The van der Waals surface area contributed by atoms with Gasteiger partial charge in [-0.15, -0.1) is 0 Å². The van der Waals surface area contributed by atoms with E-state index in [4.69, 9.17) is 0 Å². The van der Waals surface area contributed by atoms with E-state index in [0.717, 1.165) is 31.2 Å². The molecule has 0 aromatic heterocycles. The largest absolute Gasteiger partial charge is 0.469 e. The van der Waals surface area contributed by atoms with E-state index in [0.29, 0.717) is 0 Å². The quantitative estimate of drug-likeness (QED) is 0.780. The fourth-order valence-electron chi connectivity index (χ4n) is 2.65. The van der Waals surface area contributed by atoms with Crippen LogP contribution in [0.1, 0.15) is 31.2 Å². The summed E-state index contributed by atoms with van der Waals surface area (Å²) in [4.78, 5) is 11.5. The van der Waals surface area contributed by atoms with Crippen LogP contribution < -0.4 is 0 Å². The van der Waals surface area contributed by atoms with E-state index < -0.39 is 10.0 Å². The third-order valence-corrected chi connectivity index (χ3v) is 5.94. The lowest BCUT2D eigenvalue weighted by atomic mass is 10.2. The van der Waals surface area contributed by atoms with Gasteiger partial charge in [-0.25, -0.2) is 8.42 Å². The monoisotopic (exact) mass is 311 g/mol. The van der Waals surface area contributed by atoms with Crippen LogP contribution in [0.3, 0.4) is 0 Å². The maximum Gasteiger partial charge on any atom is 0.309 e. The van der Waals surface area contributed by atoms with Crippen molar-refractivity contribution in [2.75, 3.05) is 14.2 Å². The number of esters is 1. The maximum absolute atomic E-state index is 12.5. The molecule has 0 amide bonds. The molecular weight excluding hydrogens is 290 g/mol. The van der Waals surface area contributed by atoms with Crippen LogP contribution in [0.15, 0.2) is 29.2 Å². The van der Waals surface area contributed by atoms with Gasteiger partial charge < -0.3 is 4.74 Å². The number of sulfonamides is 1. The number of nitrogens with zero attached hydrogens (tertiary/aromatic N) is 1. The number of carbonyl (C=O) groups is 1. The van der Waals surface area contributed by atoms with Crippen LogP contribution in [0.2, 0.25) is 0 Å². The molecule has 1 fully saturated rings. The highest BCUT2D eigenvalue weighted by atomic mass is 32.2. The highest BCUT2D eigenvalue weighted by Crippen LogP contribution is 2.27. The first-order valence-electron chi connectivity index (χ1n) is 7.09. The summed E-state index contributed by atoms with van der Waals surface area (Å²) in [6.07, 6.45) is 4.17. The molecule has 1 aromatic rings. The Bertz CT molecular complexity index is 589. The predicted octanol–water partition coefficient (Wildman–Crippen LogP) is 1.97. The molecule has 0 spiro atoms. The number of methoxy groups -OCH3 is 1. The van der Waals surface area contributed by atoms with Gasteiger partial charge in [0.05, 0.1) is 18.4 Å². The zero-order chi connectivity index (χ0) is 15.5. The molecular formula is C15H21NO4S. The van der Waals surface area contributed by atoms with Gasteiger partial charge in [0.15, 0.2) is 0 Å². The first-order chi connectivity index (χ1) is 9.95. The normalized spacial score (nSPS) is 16.3. The minimum absolute atomic E-state index is 0.102. The first kappa shape index (κ1) is 16.0. The fourth-order valence-corrected chi connectivity index (χ4v) is 4.06. The topological polar surface area (TPSA) is 63.7 Å². The summed E-state index contributed by atoms with van der Waals surface area (Å²) in [5, 5.41) is 0. The molecule has 116 valence electrons. The summed E-state index contributed by atoms with van der Waals surface area (Å²) in [6.45, 7) is 0. The van der Waals surface area contributed by atoms with Crippen molar-refractivity contribution >= 4 is 16.0 Å². The van der Waals surface area contributed by atoms with Crippen molar-refractivity contribution in [1.29, 1.82) is 0 Å². The molecule has 5 nitrogen and oxygen atoms in total. The van der Waals surface area contributed by atoms with Crippen LogP contribution in [0.25, 0.3) is 0 Å². The van der Waals surface area contributed by atoms with E-state index >= 15 is 0 Å². The van der Waals surface area contributed by atoms with E-state index in [2.05, 4.69) is 4.74 Å². The van der Waals surface area contributed by atoms with Gasteiger partial charge in [-0.05, 0) is 30.5 Å². The molecule has 0 radical (unpaired) electrons. The SMILES string of the molecule is COC(=O)Cc1ccc(S(=O)(=O)N(C)C2CCCC2)cc1. The first-order valence-corrected chi connectivity index (χ1v) is 8.53. The zero-order valence-corrected chi connectivity index (χ0v) is 13.2. The summed E-state index contributed by atoms with van der Waals surface area (Å²) in [7, 11) is -0.478. The highest BCUT2D eigenvalue weighted by molar-refractivity contribution is 7.89. The standard InChI is InChI=1S/C15H21NO4S/c1-16(13-5-3-4-6-13)21(18,19)14-9-7-12(8-10-14)11-15(17)20-2/h7-10,13H,3-6,11H2,1-2H3. The summed E-state index contributed by atoms with van der Waals surface area (Å²) in [5.74, 6) is -0.339. The lowest BCUT2D eigenvalue weighted by molar-refractivity contribution is -0.139. The number of carbonyl (C=O) groups excluding carboxylic acids is 1. The maximum atomic E-state index is 12.5. The van der Waals surface area contributed by atoms with Crippen LogP contribution >= 0.6 is 0 Å². The van der Waals surface area contributed by atoms with Gasteiger partial charge in [-0.2, -0.15) is 4.31 Å². The molecule has 0 saturated heterocycles. The summed E-state index contributed by atoms with van der Waals surface area (Å²) in [6, 6.07) is 6.53. The third-order valence-electron chi connectivity index (χ3n) is 4.02. The predicted molar refractivity (Wildman–Crippen MR) is 79.4 cm³/mol. The Labute approximate surface area is 126 Å². The summed E-state index contributed by atoms with van der Waals surface area (Å²) in [5.41, 5.74) is 0.740. The molecule has 0 unspecified atom stereocenters. The Morgan fingerprint density at radius 3 is 2.33 bits per heavy atom. The fraction of sp³-hybridized carbons (Fsp3) is 0.533. The Kier molecular flexibility index (Phi) is 5.00. The third kappa shape index (κ3) is 3.63. The number of ether oxygens (including phenoxy) is 1. The molecule has 2 rings (SSSR count). The van der Waals surface area contributed by atoms with Gasteiger partial charge in [0, 0.05) is 13.1 Å². The Morgan fingerprint density at radius 1 is 1.24 bits per heavy atom. The van der Waals surface area contributed by atoms with Crippen molar-refractivity contribution in [3.05, 3.63) is 29.8 Å². The average molecular weight is 311 g/mol. The van der Waals surface area contributed by atoms with Gasteiger partial charge in [-0.1, -0.05) is 25.0 Å². The second-order valence-electron chi connectivity index (χ2n) is 5.36. The molecule has 6 heteroatoms. The average Bonchev–Trinajstić information content (AvgIpc) is 3.01. The molecule has 0 N–H and O–H groups in total. The second kappa shape index (κ2) is 6.58. The van der Waals surface area contributed by atoms with Gasteiger partial charge in [0.1, 0.15) is 0 Å². The molecule has 0 aliphatic heterocycles. The lowest BCUT2D eigenvalue weighted by Crippen LogP contribution is -2.35. The molecule has 0 atom stereocenters. The minimum Gasteiger partial charge on any atom is -0.469 e. The van der Waals surface area contributed by atoms with E-state index in [9.17, 15) is 13.2 Å². The van der Waals surface area contributed by atoms with E-state index in [-0.39, 0.29) is 23.3 Å². The van der Waals surface area contributed by atoms with Crippen molar-refractivity contribution in [3.8, 4) is 0 Å². The molecule has 1 aliphatic rings. The van der Waals surface area contributed by atoms with E-state index in [1.165, 1.54) is 11.4 Å². The molecule has 1 aromatic carbocycles. The lowest BCUT2D eigenvalue weighted by Gasteiger charge is -2.23. The number of hydrogen-bond acceptors (Lipinski definition) is 4. The smallest absolute Gasteiger partial charge is 0.309 e. The van der Waals surface area contributed by atoms with Crippen LogP contribution in [0.5, 0.6) is 0 Å². The molecule has 1 saturated carbocycles. The molecule has 21 heavy (non-hydrogen) atoms. The van der Waals surface area contributed by atoms with Gasteiger partial charge in [0.25, 0.3) is 0 Å². The number of rotatable bonds is 5. The Hall–Kier alpha value is -1.40. The zero-order valence-electron chi connectivity index (χ0n) is 12.4. The summed E-state index contributed by atoms with van der Waals surface area (Å²) >= 11 is 0. The number of benzene rings is 1. The van der Waals surface area contributed by atoms with Crippen molar-refractivity contribution < 1.29 is 17.9 Å². The van der Waals surface area contributed by atoms with Crippen LogP contribution in [-0.4, -0.2) is 38.9 Å². The van der Waals surface area contributed by atoms with E-state index in [1.54, 1.807) is 31.3 Å².